The summed E-state index contributed by atoms with van der Waals surface area (Å²) in [4.78, 5) is 14.9. The van der Waals surface area contributed by atoms with Gasteiger partial charge < -0.3 is 10.6 Å². The first-order chi connectivity index (χ1) is 9.24. The third-order valence-electron chi connectivity index (χ3n) is 2.58. The largest absolute Gasteiger partial charge is 0.340 e. The van der Waals surface area contributed by atoms with E-state index in [4.69, 9.17) is 5.73 Å². The lowest BCUT2D eigenvalue weighted by Gasteiger charge is -2.15. The monoisotopic (exact) mass is 314 g/mol. The van der Waals surface area contributed by atoms with Crippen LogP contribution in [0.3, 0.4) is 0 Å². The van der Waals surface area contributed by atoms with E-state index in [0.29, 0.717) is 4.88 Å². The summed E-state index contributed by atoms with van der Waals surface area (Å²) in [5.74, 6) is 5.44. The van der Waals surface area contributed by atoms with Gasteiger partial charge in [0.25, 0.3) is 5.91 Å². The average molecular weight is 314 g/mol. The van der Waals surface area contributed by atoms with Crippen LogP contribution in [0.1, 0.15) is 20.1 Å². The number of carbonyl (C=O) groups excluding carboxylic acids is 1. The van der Waals surface area contributed by atoms with E-state index in [1.807, 2.05) is 6.92 Å². The fourth-order valence-electron chi connectivity index (χ4n) is 1.44. The van der Waals surface area contributed by atoms with Crippen LogP contribution in [-0.2, 0) is 9.84 Å². The van der Waals surface area contributed by atoms with Crippen molar-refractivity contribution in [1.29, 1.82) is 0 Å². The van der Waals surface area contributed by atoms with E-state index in [2.05, 4.69) is 11.8 Å². The highest BCUT2D eigenvalue weighted by Gasteiger charge is 2.17. The molecule has 0 spiro atoms. The summed E-state index contributed by atoms with van der Waals surface area (Å²) in [5, 5.41) is 0. The van der Waals surface area contributed by atoms with Crippen molar-refractivity contribution in [2.45, 2.75) is 6.92 Å². The van der Waals surface area contributed by atoms with Gasteiger partial charge in [0.15, 0.2) is 0 Å². The Hall–Kier alpha value is -1.36. The molecular formula is C13H18N2O3S2. The summed E-state index contributed by atoms with van der Waals surface area (Å²) in [7, 11) is -1.49. The molecule has 1 aromatic rings. The van der Waals surface area contributed by atoms with Gasteiger partial charge in [0, 0.05) is 19.8 Å². The first-order valence-electron chi connectivity index (χ1n) is 5.97. The van der Waals surface area contributed by atoms with E-state index >= 15 is 0 Å². The SMILES string of the molecule is Cc1cc(C(=O)N(C)CCS(C)(=O)=O)sc1C#CCN. The molecular weight excluding hydrogens is 296 g/mol. The summed E-state index contributed by atoms with van der Waals surface area (Å²) < 4.78 is 22.2. The first kappa shape index (κ1) is 16.7. The van der Waals surface area contributed by atoms with Crippen molar-refractivity contribution in [2.24, 2.45) is 5.73 Å². The van der Waals surface area contributed by atoms with Gasteiger partial charge in [-0.05, 0) is 18.6 Å². The van der Waals surface area contributed by atoms with Crippen LogP contribution < -0.4 is 5.73 Å². The molecule has 0 aliphatic carbocycles. The number of carbonyl (C=O) groups is 1. The summed E-state index contributed by atoms with van der Waals surface area (Å²) in [5.41, 5.74) is 6.25. The Morgan fingerprint density at radius 2 is 2.15 bits per heavy atom. The van der Waals surface area contributed by atoms with Gasteiger partial charge in [0.1, 0.15) is 9.84 Å². The Labute approximate surface area is 123 Å². The second kappa shape index (κ2) is 6.88. The van der Waals surface area contributed by atoms with Gasteiger partial charge in [0.2, 0.25) is 0 Å². The Balaban J connectivity index is 2.82. The molecule has 0 atom stereocenters. The molecule has 20 heavy (non-hydrogen) atoms. The van der Waals surface area contributed by atoms with Crippen molar-refractivity contribution in [3.8, 4) is 11.8 Å². The van der Waals surface area contributed by atoms with E-state index in [1.165, 1.54) is 16.2 Å². The molecule has 2 N–H and O–H groups in total. The molecule has 1 rings (SSSR count). The van der Waals surface area contributed by atoms with Gasteiger partial charge in [-0.25, -0.2) is 8.42 Å². The van der Waals surface area contributed by atoms with Crippen molar-refractivity contribution in [3.63, 3.8) is 0 Å². The fourth-order valence-corrected chi connectivity index (χ4v) is 3.08. The van der Waals surface area contributed by atoms with E-state index in [0.717, 1.165) is 16.7 Å². The van der Waals surface area contributed by atoms with Crippen LogP contribution in [0.25, 0.3) is 0 Å². The molecule has 0 radical (unpaired) electrons. The lowest BCUT2D eigenvalue weighted by atomic mass is 10.2. The minimum absolute atomic E-state index is 0.0422. The number of nitrogens with two attached hydrogens (primary N) is 1. The minimum atomic E-state index is -3.08. The molecule has 110 valence electrons. The molecule has 0 bridgehead atoms. The van der Waals surface area contributed by atoms with E-state index in [1.54, 1.807) is 13.1 Å². The highest BCUT2D eigenvalue weighted by Crippen LogP contribution is 2.22. The van der Waals surface area contributed by atoms with Crippen LogP contribution in [0.4, 0.5) is 0 Å². The standard InChI is InChI=1S/C13H18N2O3S2/c1-10-9-12(19-11(10)5-4-6-14)13(16)15(2)7-8-20(3,17)18/h9H,6-8,14H2,1-3H3. The molecule has 1 aromatic heterocycles. The second-order valence-electron chi connectivity index (χ2n) is 4.49. The molecule has 0 saturated heterocycles. The van der Waals surface area contributed by atoms with Crippen molar-refractivity contribution < 1.29 is 13.2 Å². The molecule has 1 heterocycles. The van der Waals surface area contributed by atoms with Gasteiger partial charge in [-0.3, -0.25) is 4.79 Å². The Morgan fingerprint density at radius 3 is 2.70 bits per heavy atom. The Morgan fingerprint density at radius 1 is 1.50 bits per heavy atom. The van der Waals surface area contributed by atoms with E-state index < -0.39 is 9.84 Å². The third kappa shape index (κ3) is 4.96. The topological polar surface area (TPSA) is 80.5 Å². The molecule has 1 amide bonds. The maximum absolute atomic E-state index is 12.2. The van der Waals surface area contributed by atoms with Crippen molar-refractivity contribution in [1.82, 2.24) is 4.90 Å². The number of rotatable bonds is 4. The number of aryl methyl sites for hydroxylation is 1. The zero-order valence-electron chi connectivity index (χ0n) is 11.8. The Kier molecular flexibility index (Phi) is 5.74. The summed E-state index contributed by atoms with van der Waals surface area (Å²) >= 11 is 1.30. The molecule has 5 nitrogen and oxygen atoms in total. The molecule has 0 saturated carbocycles. The molecule has 7 heteroatoms. The van der Waals surface area contributed by atoms with Gasteiger partial charge >= 0.3 is 0 Å². The van der Waals surface area contributed by atoms with Gasteiger partial charge in [-0.15, -0.1) is 11.3 Å². The summed E-state index contributed by atoms with van der Waals surface area (Å²) in [6.45, 7) is 2.33. The second-order valence-corrected chi connectivity index (χ2v) is 7.80. The molecule has 0 unspecified atom stereocenters. The first-order valence-corrected chi connectivity index (χ1v) is 8.85. The van der Waals surface area contributed by atoms with Gasteiger partial charge in [-0.1, -0.05) is 11.8 Å². The molecule has 0 aliphatic rings. The van der Waals surface area contributed by atoms with Crippen LogP contribution >= 0.6 is 11.3 Å². The lowest BCUT2D eigenvalue weighted by molar-refractivity contribution is 0.0808. The maximum atomic E-state index is 12.2. The van der Waals surface area contributed by atoms with Crippen LogP contribution in [-0.4, -0.2) is 51.4 Å². The number of thiophene rings is 1. The zero-order valence-corrected chi connectivity index (χ0v) is 13.4. The lowest BCUT2D eigenvalue weighted by Crippen LogP contribution is -2.30. The predicted octanol–water partition coefficient (Wildman–Crippen LogP) is 0.483. The van der Waals surface area contributed by atoms with Crippen molar-refractivity contribution in [2.75, 3.05) is 32.1 Å². The third-order valence-corrected chi connectivity index (χ3v) is 4.64. The Bertz CT molecular complexity index is 651. The van der Waals surface area contributed by atoms with E-state index in [9.17, 15) is 13.2 Å². The van der Waals surface area contributed by atoms with Gasteiger partial charge in [-0.2, -0.15) is 0 Å². The minimum Gasteiger partial charge on any atom is -0.340 e. The van der Waals surface area contributed by atoms with Crippen LogP contribution in [0, 0.1) is 18.8 Å². The van der Waals surface area contributed by atoms with Crippen LogP contribution in [0.2, 0.25) is 0 Å². The number of hydrogen-bond acceptors (Lipinski definition) is 5. The highest BCUT2D eigenvalue weighted by atomic mass is 32.2. The quantitative estimate of drug-likeness (QED) is 0.820. The molecule has 0 aliphatic heterocycles. The molecule has 0 aromatic carbocycles. The molecule has 0 fully saturated rings. The normalized spacial score (nSPS) is 10.8. The van der Waals surface area contributed by atoms with Crippen molar-refractivity contribution in [3.05, 3.63) is 21.4 Å². The zero-order chi connectivity index (χ0) is 15.3. The summed E-state index contributed by atoms with van der Waals surface area (Å²) in [6.07, 6.45) is 1.15. The smallest absolute Gasteiger partial charge is 0.263 e. The number of sulfone groups is 1. The maximum Gasteiger partial charge on any atom is 0.263 e. The van der Waals surface area contributed by atoms with Crippen LogP contribution in [0.5, 0.6) is 0 Å². The number of hydrogen-bond donors (Lipinski definition) is 1. The number of nitrogens with zero attached hydrogens (tertiary/aromatic N) is 1. The highest BCUT2D eigenvalue weighted by molar-refractivity contribution is 7.90. The number of amides is 1. The van der Waals surface area contributed by atoms with Gasteiger partial charge in [0.05, 0.1) is 22.1 Å². The summed E-state index contributed by atoms with van der Waals surface area (Å²) in [6, 6.07) is 1.77. The van der Waals surface area contributed by atoms with Crippen molar-refractivity contribution >= 4 is 27.1 Å². The fraction of sp³-hybridized carbons (Fsp3) is 0.462. The van der Waals surface area contributed by atoms with Crippen LogP contribution in [0.15, 0.2) is 6.07 Å². The average Bonchev–Trinajstić information content (AvgIpc) is 2.73. The predicted molar refractivity (Wildman–Crippen MR) is 81.7 cm³/mol. The van der Waals surface area contributed by atoms with E-state index in [-0.39, 0.29) is 24.7 Å².